The van der Waals surface area contributed by atoms with Crippen LogP contribution in [0.15, 0.2) is 59.5 Å². The lowest BCUT2D eigenvalue weighted by Gasteiger charge is -2.18. The molecule has 1 amide bonds. The Bertz CT molecular complexity index is 911. The van der Waals surface area contributed by atoms with Crippen LogP contribution in [0.25, 0.3) is 0 Å². The molecule has 0 radical (unpaired) electrons. The van der Waals surface area contributed by atoms with E-state index in [0.717, 1.165) is 0 Å². The zero-order chi connectivity index (χ0) is 20.6. The van der Waals surface area contributed by atoms with Gasteiger partial charge in [0.25, 0.3) is 0 Å². The minimum Gasteiger partial charge on any atom is -0.466 e. The number of ether oxygens (including phenoxy) is 1. The van der Waals surface area contributed by atoms with Crippen molar-refractivity contribution in [3.8, 4) is 5.75 Å². The van der Waals surface area contributed by atoms with Gasteiger partial charge in [-0.15, -0.1) is 0 Å². The van der Waals surface area contributed by atoms with E-state index < -0.39 is 16.1 Å². The van der Waals surface area contributed by atoms with Crippen molar-refractivity contribution in [2.75, 3.05) is 13.2 Å². The van der Waals surface area contributed by atoms with E-state index in [2.05, 4.69) is 5.32 Å². The summed E-state index contributed by atoms with van der Waals surface area (Å²) in [6, 6.07) is 14.3. The van der Waals surface area contributed by atoms with Gasteiger partial charge < -0.3 is 14.2 Å². The van der Waals surface area contributed by atoms with E-state index in [4.69, 9.17) is 8.92 Å². The molecule has 1 unspecified atom stereocenters. The monoisotopic (exact) mass is 405 g/mol. The maximum absolute atomic E-state index is 12.4. The minimum atomic E-state index is -3.97. The third-order valence-electron chi connectivity index (χ3n) is 3.88. The summed E-state index contributed by atoms with van der Waals surface area (Å²) in [5.74, 6) is -0.891. The summed E-state index contributed by atoms with van der Waals surface area (Å²) in [7, 11) is -3.97. The number of carbonyl (C=O) groups excluding carboxylic acids is 2. The first-order chi connectivity index (χ1) is 13.3. The number of rotatable bonds is 9. The van der Waals surface area contributed by atoms with E-state index in [0.29, 0.717) is 5.56 Å². The molecule has 0 fully saturated rings. The van der Waals surface area contributed by atoms with Crippen molar-refractivity contribution in [2.45, 2.75) is 31.1 Å². The molecular weight excluding hydrogens is 382 g/mol. The minimum absolute atomic E-state index is 0.0433. The van der Waals surface area contributed by atoms with E-state index in [-0.39, 0.29) is 42.0 Å². The number of nitrogens with one attached hydrogen (secondary N) is 1. The fourth-order valence-electron chi connectivity index (χ4n) is 2.58. The van der Waals surface area contributed by atoms with Gasteiger partial charge in [0, 0.05) is 19.4 Å². The Kier molecular flexibility index (Phi) is 7.57. The third kappa shape index (κ3) is 6.38. The van der Waals surface area contributed by atoms with Crippen molar-refractivity contribution in [1.82, 2.24) is 5.32 Å². The van der Waals surface area contributed by atoms with Gasteiger partial charge >= 0.3 is 16.1 Å². The predicted octanol–water partition coefficient (Wildman–Crippen LogP) is 2.63. The molecule has 0 aliphatic carbocycles. The Labute approximate surface area is 164 Å². The second-order valence-electron chi connectivity index (χ2n) is 6.07. The lowest BCUT2D eigenvalue weighted by Crippen LogP contribution is -2.27. The number of hydrogen-bond donors (Lipinski definition) is 1. The molecule has 2 rings (SSSR count). The van der Waals surface area contributed by atoms with Gasteiger partial charge in [0.2, 0.25) is 5.91 Å². The molecule has 1 N–H and O–H groups in total. The first kappa shape index (κ1) is 21.4. The number of carbonyl (C=O) groups is 2. The Hall–Kier alpha value is -2.87. The molecule has 2 aromatic rings. The molecule has 0 saturated carbocycles. The van der Waals surface area contributed by atoms with Crippen LogP contribution in [0.5, 0.6) is 5.75 Å². The van der Waals surface area contributed by atoms with Gasteiger partial charge in [0.1, 0.15) is 10.6 Å². The molecule has 8 heteroatoms. The Morgan fingerprint density at radius 3 is 2.43 bits per heavy atom. The molecule has 0 bridgehead atoms. The first-order valence-electron chi connectivity index (χ1n) is 8.81. The van der Waals surface area contributed by atoms with Crippen molar-refractivity contribution in [3.05, 3.63) is 60.2 Å². The molecule has 150 valence electrons. The van der Waals surface area contributed by atoms with Crippen LogP contribution in [0.2, 0.25) is 0 Å². The van der Waals surface area contributed by atoms with Gasteiger partial charge in [-0.2, -0.15) is 8.42 Å². The molecule has 0 aromatic heterocycles. The number of amides is 1. The standard InChI is InChI=1S/C20H23NO6S/c1-3-26-20(23)13-17(14-21-15(2)22)16-8-7-9-18(12-16)27-28(24,25)19-10-5-4-6-11-19/h4-12,17H,3,13-14H2,1-2H3,(H,21,22). The second kappa shape index (κ2) is 9.89. The van der Waals surface area contributed by atoms with Gasteiger partial charge in [-0.3, -0.25) is 9.59 Å². The molecule has 0 heterocycles. The van der Waals surface area contributed by atoms with Crippen LogP contribution in [0.3, 0.4) is 0 Å². The Balaban J connectivity index is 2.23. The molecular formula is C20H23NO6S. The zero-order valence-corrected chi connectivity index (χ0v) is 16.6. The van der Waals surface area contributed by atoms with Gasteiger partial charge in [-0.1, -0.05) is 30.3 Å². The average Bonchev–Trinajstić information content (AvgIpc) is 2.66. The number of esters is 1. The maximum Gasteiger partial charge on any atom is 0.339 e. The lowest BCUT2D eigenvalue weighted by molar-refractivity contribution is -0.143. The molecule has 28 heavy (non-hydrogen) atoms. The quantitative estimate of drug-likeness (QED) is 0.509. The van der Waals surface area contributed by atoms with Crippen LogP contribution in [-0.4, -0.2) is 33.4 Å². The van der Waals surface area contributed by atoms with Crippen molar-refractivity contribution in [3.63, 3.8) is 0 Å². The van der Waals surface area contributed by atoms with Crippen molar-refractivity contribution < 1.29 is 26.9 Å². The maximum atomic E-state index is 12.4. The third-order valence-corrected chi connectivity index (χ3v) is 5.14. The molecule has 0 saturated heterocycles. The van der Waals surface area contributed by atoms with Crippen LogP contribution in [0.1, 0.15) is 31.7 Å². The summed E-state index contributed by atoms with van der Waals surface area (Å²) in [5.41, 5.74) is 0.655. The number of benzene rings is 2. The highest BCUT2D eigenvalue weighted by molar-refractivity contribution is 7.87. The average molecular weight is 405 g/mol. The molecule has 0 aliphatic rings. The summed E-state index contributed by atoms with van der Waals surface area (Å²) >= 11 is 0. The van der Waals surface area contributed by atoms with Crippen LogP contribution in [0.4, 0.5) is 0 Å². The summed E-state index contributed by atoms with van der Waals surface area (Å²) in [4.78, 5) is 23.2. The predicted molar refractivity (Wildman–Crippen MR) is 103 cm³/mol. The summed E-state index contributed by atoms with van der Waals surface area (Å²) in [5, 5.41) is 2.68. The number of hydrogen-bond acceptors (Lipinski definition) is 6. The molecule has 0 aliphatic heterocycles. The smallest absolute Gasteiger partial charge is 0.339 e. The summed E-state index contributed by atoms with van der Waals surface area (Å²) in [6.07, 6.45) is 0.0447. The van der Waals surface area contributed by atoms with E-state index in [1.165, 1.54) is 25.1 Å². The summed E-state index contributed by atoms with van der Waals surface area (Å²) < 4.78 is 35.0. The molecule has 1 atom stereocenters. The van der Waals surface area contributed by atoms with E-state index in [1.807, 2.05) is 0 Å². The molecule has 0 spiro atoms. The van der Waals surface area contributed by atoms with Crippen molar-refractivity contribution >= 4 is 22.0 Å². The lowest BCUT2D eigenvalue weighted by atomic mass is 9.95. The SMILES string of the molecule is CCOC(=O)CC(CNC(C)=O)c1cccc(OS(=O)(=O)c2ccccc2)c1. The highest BCUT2D eigenvalue weighted by Gasteiger charge is 2.20. The van der Waals surface area contributed by atoms with Crippen LogP contribution in [-0.2, 0) is 24.4 Å². The first-order valence-corrected chi connectivity index (χ1v) is 10.2. The van der Waals surface area contributed by atoms with Gasteiger partial charge in [0.15, 0.2) is 0 Å². The summed E-state index contributed by atoms with van der Waals surface area (Å²) in [6.45, 7) is 3.56. The largest absolute Gasteiger partial charge is 0.466 e. The van der Waals surface area contributed by atoms with Crippen LogP contribution in [0, 0.1) is 0 Å². The van der Waals surface area contributed by atoms with E-state index in [1.54, 1.807) is 43.3 Å². The van der Waals surface area contributed by atoms with E-state index >= 15 is 0 Å². The topological polar surface area (TPSA) is 98.8 Å². The van der Waals surface area contributed by atoms with Crippen molar-refractivity contribution in [2.24, 2.45) is 0 Å². The van der Waals surface area contributed by atoms with Crippen molar-refractivity contribution in [1.29, 1.82) is 0 Å². The second-order valence-corrected chi connectivity index (χ2v) is 7.61. The fourth-order valence-corrected chi connectivity index (χ4v) is 3.52. The highest BCUT2D eigenvalue weighted by Crippen LogP contribution is 2.26. The van der Waals surface area contributed by atoms with Crippen LogP contribution >= 0.6 is 0 Å². The Morgan fingerprint density at radius 1 is 1.07 bits per heavy atom. The normalized spacial score (nSPS) is 12.1. The van der Waals surface area contributed by atoms with Gasteiger partial charge in [-0.05, 0) is 36.8 Å². The van der Waals surface area contributed by atoms with Gasteiger partial charge in [0.05, 0.1) is 13.0 Å². The highest BCUT2D eigenvalue weighted by atomic mass is 32.2. The van der Waals surface area contributed by atoms with E-state index in [9.17, 15) is 18.0 Å². The van der Waals surface area contributed by atoms with Gasteiger partial charge in [-0.25, -0.2) is 0 Å². The fraction of sp³-hybridized carbons (Fsp3) is 0.300. The molecule has 2 aromatic carbocycles. The van der Waals surface area contributed by atoms with Crippen LogP contribution < -0.4 is 9.50 Å². The Morgan fingerprint density at radius 2 is 1.79 bits per heavy atom. The zero-order valence-electron chi connectivity index (χ0n) is 15.8. The molecule has 7 nitrogen and oxygen atoms in total.